The molecule has 0 saturated carbocycles. The van der Waals surface area contributed by atoms with Gasteiger partial charge in [-0.1, -0.05) is 18.2 Å². The van der Waals surface area contributed by atoms with Crippen molar-refractivity contribution in [3.8, 4) is 0 Å². The Bertz CT molecular complexity index is 670. The third-order valence-electron chi connectivity index (χ3n) is 2.75. The average Bonchev–Trinajstić information content (AvgIpc) is 3.06. The molecular weight excluding hydrogens is 230 g/mol. The van der Waals surface area contributed by atoms with Gasteiger partial charge in [-0.25, -0.2) is 0 Å². The first-order chi connectivity index (χ1) is 8.84. The first-order valence-electron chi connectivity index (χ1n) is 5.57. The number of furan rings is 1. The third kappa shape index (κ3) is 1.86. The van der Waals surface area contributed by atoms with Crippen LogP contribution in [0.4, 0.5) is 0 Å². The van der Waals surface area contributed by atoms with Crippen molar-refractivity contribution >= 4 is 16.8 Å². The summed E-state index contributed by atoms with van der Waals surface area (Å²) in [6.07, 6.45) is 2.89. The van der Waals surface area contributed by atoms with Gasteiger partial charge in [0.2, 0.25) is 0 Å². The zero-order valence-electron chi connectivity index (χ0n) is 9.51. The second kappa shape index (κ2) is 4.37. The summed E-state index contributed by atoms with van der Waals surface area (Å²) in [5.41, 5.74) is 2.30. The molecule has 5 heteroatoms. The monoisotopic (exact) mass is 241 g/mol. The smallest absolute Gasteiger partial charge is 0.254 e. The molecule has 3 aromatic rings. The van der Waals surface area contributed by atoms with E-state index in [0.29, 0.717) is 12.1 Å². The van der Waals surface area contributed by atoms with E-state index in [1.54, 1.807) is 6.07 Å². The molecule has 90 valence electrons. The molecule has 0 aliphatic carbocycles. The maximum absolute atomic E-state index is 11.7. The number of nitrogens with zero attached hydrogens (tertiary/aromatic N) is 1. The Morgan fingerprint density at radius 2 is 2.22 bits per heavy atom. The van der Waals surface area contributed by atoms with E-state index in [1.807, 2.05) is 24.3 Å². The third-order valence-corrected chi connectivity index (χ3v) is 2.75. The first-order valence-corrected chi connectivity index (χ1v) is 5.57. The summed E-state index contributed by atoms with van der Waals surface area (Å²) >= 11 is 0. The first kappa shape index (κ1) is 10.6. The van der Waals surface area contributed by atoms with Crippen molar-refractivity contribution in [2.45, 2.75) is 6.54 Å². The lowest BCUT2D eigenvalue weighted by atomic mass is 10.2. The number of aromatic amines is 1. The van der Waals surface area contributed by atoms with Gasteiger partial charge in [-0.2, -0.15) is 5.10 Å². The van der Waals surface area contributed by atoms with Gasteiger partial charge in [-0.05, 0) is 12.1 Å². The highest BCUT2D eigenvalue weighted by Crippen LogP contribution is 2.14. The molecule has 18 heavy (non-hydrogen) atoms. The maximum atomic E-state index is 11.7. The van der Waals surface area contributed by atoms with Crippen LogP contribution in [0.25, 0.3) is 10.9 Å². The normalized spacial score (nSPS) is 10.7. The van der Waals surface area contributed by atoms with Gasteiger partial charge in [0.25, 0.3) is 5.91 Å². The Balaban J connectivity index is 1.76. The minimum Gasteiger partial charge on any atom is -0.472 e. The number of para-hydroxylation sites is 1. The largest absolute Gasteiger partial charge is 0.472 e. The summed E-state index contributed by atoms with van der Waals surface area (Å²) in [6, 6.07) is 9.39. The number of nitrogens with one attached hydrogen (secondary N) is 2. The molecule has 0 bridgehead atoms. The number of H-pyrrole nitrogens is 1. The second-order valence-corrected chi connectivity index (χ2v) is 3.91. The van der Waals surface area contributed by atoms with Crippen LogP contribution in [0.2, 0.25) is 0 Å². The number of benzene rings is 1. The van der Waals surface area contributed by atoms with Crippen LogP contribution in [0.5, 0.6) is 0 Å². The summed E-state index contributed by atoms with van der Waals surface area (Å²) in [6.45, 7) is 0.407. The number of aromatic nitrogens is 2. The molecule has 1 amide bonds. The standard InChI is InChI=1S/C13H11N3O2/c17-13(9-5-6-18-8-9)14-7-12-10-3-1-2-4-11(10)15-16-12/h1-6,8H,7H2,(H,14,17)(H,15,16). The van der Waals surface area contributed by atoms with Crippen molar-refractivity contribution in [2.24, 2.45) is 0 Å². The minimum atomic E-state index is -0.164. The Kier molecular flexibility index (Phi) is 2.57. The van der Waals surface area contributed by atoms with E-state index in [-0.39, 0.29) is 5.91 Å². The molecule has 3 rings (SSSR count). The van der Waals surface area contributed by atoms with Crippen molar-refractivity contribution in [2.75, 3.05) is 0 Å². The Hall–Kier alpha value is -2.56. The van der Waals surface area contributed by atoms with Crippen molar-refractivity contribution in [3.05, 3.63) is 54.1 Å². The molecule has 2 heterocycles. The number of carbonyl (C=O) groups is 1. The van der Waals surface area contributed by atoms with Crippen LogP contribution < -0.4 is 5.32 Å². The van der Waals surface area contributed by atoms with E-state index in [0.717, 1.165) is 16.6 Å². The molecule has 2 aromatic heterocycles. The molecule has 1 aromatic carbocycles. The van der Waals surface area contributed by atoms with Crippen LogP contribution in [0.3, 0.4) is 0 Å². The summed E-state index contributed by atoms with van der Waals surface area (Å²) < 4.78 is 4.86. The average molecular weight is 241 g/mol. The van der Waals surface area contributed by atoms with Crippen molar-refractivity contribution in [3.63, 3.8) is 0 Å². The van der Waals surface area contributed by atoms with Crippen LogP contribution in [0, 0.1) is 0 Å². The van der Waals surface area contributed by atoms with Crippen LogP contribution in [0.15, 0.2) is 47.3 Å². The summed E-state index contributed by atoms with van der Waals surface area (Å²) in [5.74, 6) is -0.164. The highest BCUT2D eigenvalue weighted by molar-refractivity contribution is 5.94. The highest BCUT2D eigenvalue weighted by Gasteiger charge is 2.08. The van der Waals surface area contributed by atoms with Gasteiger partial charge >= 0.3 is 0 Å². The van der Waals surface area contributed by atoms with E-state index in [4.69, 9.17) is 4.42 Å². The number of amides is 1. The lowest BCUT2D eigenvalue weighted by Gasteiger charge is -2.01. The van der Waals surface area contributed by atoms with Crippen molar-refractivity contribution in [1.82, 2.24) is 15.5 Å². The van der Waals surface area contributed by atoms with Gasteiger partial charge in [0.1, 0.15) is 6.26 Å². The van der Waals surface area contributed by atoms with E-state index >= 15 is 0 Å². The van der Waals surface area contributed by atoms with Crippen LogP contribution >= 0.6 is 0 Å². The topological polar surface area (TPSA) is 70.9 Å². The summed E-state index contributed by atoms with van der Waals surface area (Å²) in [4.78, 5) is 11.7. The quantitative estimate of drug-likeness (QED) is 0.737. The number of carbonyl (C=O) groups excluding carboxylic acids is 1. The van der Waals surface area contributed by atoms with Crippen LogP contribution in [-0.2, 0) is 6.54 Å². The van der Waals surface area contributed by atoms with Gasteiger partial charge in [-0.15, -0.1) is 0 Å². The predicted molar refractivity (Wildman–Crippen MR) is 66.0 cm³/mol. The van der Waals surface area contributed by atoms with Gasteiger partial charge in [0.15, 0.2) is 0 Å². The molecule has 0 unspecified atom stereocenters. The Labute approximate surface area is 103 Å². The second-order valence-electron chi connectivity index (χ2n) is 3.91. The zero-order valence-corrected chi connectivity index (χ0v) is 9.51. The predicted octanol–water partition coefficient (Wildman–Crippen LogP) is 2.09. The maximum Gasteiger partial charge on any atom is 0.254 e. The molecule has 0 spiro atoms. The van der Waals surface area contributed by atoms with Crippen LogP contribution in [0.1, 0.15) is 16.1 Å². The van der Waals surface area contributed by atoms with E-state index in [2.05, 4.69) is 15.5 Å². The molecule has 0 saturated heterocycles. The summed E-state index contributed by atoms with van der Waals surface area (Å²) in [5, 5.41) is 10.9. The number of hydrogen-bond acceptors (Lipinski definition) is 3. The number of hydrogen-bond donors (Lipinski definition) is 2. The summed E-state index contributed by atoms with van der Waals surface area (Å²) in [7, 11) is 0. The molecule has 0 fully saturated rings. The molecule has 0 atom stereocenters. The lowest BCUT2D eigenvalue weighted by molar-refractivity contribution is 0.0950. The fourth-order valence-electron chi connectivity index (χ4n) is 1.81. The zero-order chi connectivity index (χ0) is 12.4. The van der Waals surface area contributed by atoms with Gasteiger partial charge in [-0.3, -0.25) is 9.89 Å². The lowest BCUT2D eigenvalue weighted by Crippen LogP contribution is -2.22. The van der Waals surface area contributed by atoms with Crippen molar-refractivity contribution in [1.29, 1.82) is 0 Å². The molecular formula is C13H11N3O2. The molecule has 2 N–H and O–H groups in total. The Morgan fingerprint density at radius 3 is 3.06 bits per heavy atom. The minimum absolute atomic E-state index is 0.164. The van der Waals surface area contributed by atoms with Crippen LogP contribution in [-0.4, -0.2) is 16.1 Å². The number of fused-ring (bicyclic) bond motifs is 1. The van der Waals surface area contributed by atoms with Gasteiger partial charge < -0.3 is 9.73 Å². The van der Waals surface area contributed by atoms with Gasteiger partial charge in [0, 0.05) is 5.39 Å². The van der Waals surface area contributed by atoms with E-state index < -0.39 is 0 Å². The fraction of sp³-hybridized carbons (Fsp3) is 0.0769. The van der Waals surface area contributed by atoms with E-state index in [1.165, 1.54) is 12.5 Å². The van der Waals surface area contributed by atoms with E-state index in [9.17, 15) is 4.79 Å². The molecule has 0 radical (unpaired) electrons. The van der Waals surface area contributed by atoms with Crippen molar-refractivity contribution < 1.29 is 9.21 Å². The molecule has 0 aliphatic rings. The fourth-order valence-corrected chi connectivity index (χ4v) is 1.81. The number of rotatable bonds is 3. The molecule has 0 aliphatic heterocycles. The highest BCUT2D eigenvalue weighted by atomic mass is 16.3. The molecule has 5 nitrogen and oxygen atoms in total. The Morgan fingerprint density at radius 1 is 1.33 bits per heavy atom. The SMILES string of the molecule is O=C(NCc1[nH]nc2ccccc12)c1ccoc1. The van der Waals surface area contributed by atoms with Gasteiger partial charge in [0.05, 0.1) is 29.6 Å².